The van der Waals surface area contributed by atoms with E-state index in [2.05, 4.69) is 53.0 Å². The summed E-state index contributed by atoms with van der Waals surface area (Å²) < 4.78 is 0. The molecule has 0 unspecified atom stereocenters. The van der Waals surface area contributed by atoms with Gasteiger partial charge in [-0.25, -0.2) is 0 Å². The van der Waals surface area contributed by atoms with Gasteiger partial charge in [-0.05, 0) is 45.7 Å². The Morgan fingerprint density at radius 3 is 2.12 bits per heavy atom. The number of nitrogens with one attached hydrogen (secondary N) is 2. The highest BCUT2D eigenvalue weighted by atomic mass is 16.2. The summed E-state index contributed by atoms with van der Waals surface area (Å²) in [6.45, 7) is 18.9. The van der Waals surface area contributed by atoms with Crippen molar-refractivity contribution in [3.63, 3.8) is 0 Å². The first-order chi connectivity index (χ1) is 12.4. The van der Waals surface area contributed by atoms with Gasteiger partial charge in [0.15, 0.2) is 0 Å². The number of carbonyl (C=O) groups is 1. The highest BCUT2D eigenvalue weighted by Gasteiger charge is 2.25. The molecule has 2 heterocycles. The Kier molecular flexibility index (Phi) is 9.33. The Labute approximate surface area is 160 Å². The van der Waals surface area contributed by atoms with Gasteiger partial charge in [0.25, 0.3) is 0 Å². The summed E-state index contributed by atoms with van der Waals surface area (Å²) in [5.41, 5.74) is 0. The highest BCUT2D eigenvalue weighted by molar-refractivity contribution is 5.78. The van der Waals surface area contributed by atoms with Gasteiger partial charge in [-0.3, -0.25) is 9.69 Å². The minimum Gasteiger partial charge on any atom is -0.354 e. The standard InChI is InChI=1S/C20H41N5O/c1-17(2)21-7-8-22-20(26)16-24-13-11-23(12-14-24)15-19-5-9-25(10-6-19)18(3)4/h17-19,21H,5-16H2,1-4H3,(H,22,26). The summed E-state index contributed by atoms with van der Waals surface area (Å²) in [5, 5.41) is 6.33. The maximum Gasteiger partial charge on any atom is 0.234 e. The van der Waals surface area contributed by atoms with Gasteiger partial charge in [0.05, 0.1) is 6.54 Å². The van der Waals surface area contributed by atoms with Gasteiger partial charge in [-0.2, -0.15) is 0 Å². The van der Waals surface area contributed by atoms with E-state index in [4.69, 9.17) is 0 Å². The normalized spacial score (nSPS) is 21.6. The molecule has 2 fully saturated rings. The van der Waals surface area contributed by atoms with Crippen molar-refractivity contribution in [3.05, 3.63) is 0 Å². The fraction of sp³-hybridized carbons (Fsp3) is 0.950. The molecule has 26 heavy (non-hydrogen) atoms. The molecule has 0 radical (unpaired) electrons. The minimum absolute atomic E-state index is 0.157. The Balaban J connectivity index is 1.55. The first-order valence-electron chi connectivity index (χ1n) is 10.6. The van der Waals surface area contributed by atoms with Crippen molar-refractivity contribution in [1.29, 1.82) is 0 Å². The van der Waals surface area contributed by atoms with Crippen LogP contribution in [0.25, 0.3) is 0 Å². The smallest absolute Gasteiger partial charge is 0.234 e. The topological polar surface area (TPSA) is 50.9 Å². The Bertz CT molecular complexity index is 399. The molecule has 2 aliphatic rings. The second kappa shape index (κ2) is 11.2. The molecule has 6 heteroatoms. The third kappa shape index (κ3) is 7.91. The van der Waals surface area contributed by atoms with Crippen molar-refractivity contribution in [2.45, 2.75) is 52.6 Å². The lowest BCUT2D eigenvalue weighted by Crippen LogP contribution is -2.51. The molecule has 6 nitrogen and oxygen atoms in total. The van der Waals surface area contributed by atoms with E-state index >= 15 is 0 Å². The van der Waals surface area contributed by atoms with Gasteiger partial charge >= 0.3 is 0 Å². The van der Waals surface area contributed by atoms with Crippen LogP contribution in [0, 0.1) is 5.92 Å². The minimum atomic E-state index is 0.157. The van der Waals surface area contributed by atoms with Crippen LogP contribution < -0.4 is 10.6 Å². The van der Waals surface area contributed by atoms with E-state index in [9.17, 15) is 4.79 Å². The number of hydrogen-bond donors (Lipinski definition) is 2. The Morgan fingerprint density at radius 2 is 1.54 bits per heavy atom. The SMILES string of the molecule is CC(C)NCCNC(=O)CN1CCN(CC2CCN(C(C)C)CC2)CC1. The molecule has 2 rings (SSSR count). The second-order valence-electron chi connectivity index (χ2n) is 8.61. The van der Waals surface area contributed by atoms with Crippen LogP contribution in [0.15, 0.2) is 0 Å². The third-order valence-corrected chi connectivity index (χ3v) is 5.73. The third-order valence-electron chi connectivity index (χ3n) is 5.73. The molecule has 2 aliphatic heterocycles. The second-order valence-corrected chi connectivity index (χ2v) is 8.61. The molecule has 152 valence electrons. The quantitative estimate of drug-likeness (QED) is 0.592. The van der Waals surface area contributed by atoms with Crippen LogP contribution in [0.3, 0.4) is 0 Å². The van der Waals surface area contributed by atoms with Crippen molar-refractivity contribution in [3.8, 4) is 0 Å². The van der Waals surface area contributed by atoms with Crippen LogP contribution in [-0.2, 0) is 4.79 Å². The van der Waals surface area contributed by atoms with E-state index in [1.54, 1.807) is 0 Å². The molecular formula is C20H41N5O. The largest absolute Gasteiger partial charge is 0.354 e. The molecule has 1 amide bonds. The summed E-state index contributed by atoms with van der Waals surface area (Å²) in [4.78, 5) is 19.5. The van der Waals surface area contributed by atoms with Crippen LogP contribution in [0.1, 0.15) is 40.5 Å². The van der Waals surface area contributed by atoms with Gasteiger partial charge in [-0.1, -0.05) is 13.8 Å². The lowest BCUT2D eigenvalue weighted by molar-refractivity contribution is -0.122. The van der Waals surface area contributed by atoms with E-state index in [1.165, 1.54) is 32.5 Å². The summed E-state index contributed by atoms with van der Waals surface area (Å²) in [5.74, 6) is 1.01. The van der Waals surface area contributed by atoms with Crippen LogP contribution >= 0.6 is 0 Å². The zero-order valence-electron chi connectivity index (χ0n) is 17.5. The number of nitrogens with zero attached hydrogens (tertiary/aromatic N) is 3. The molecule has 0 saturated carbocycles. The van der Waals surface area contributed by atoms with E-state index in [1.807, 2.05) is 0 Å². The average molecular weight is 368 g/mol. The summed E-state index contributed by atoms with van der Waals surface area (Å²) in [6.07, 6.45) is 2.68. The molecule has 0 aromatic carbocycles. The number of likely N-dealkylation sites (tertiary alicyclic amines) is 1. The summed E-state index contributed by atoms with van der Waals surface area (Å²) in [7, 11) is 0. The zero-order chi connectivity index (χ0) is 18.9. The zero-order valence-corrected chi connectivity index (χ0v) is 17.5. The molecule has 0 atom stereocenters. The Hall–Kier alpha value is -0.690. The van der Waals surface area contributed by atoms with E-state index in [-0.39, 0.29) is 5.91 Å². The number of amides is 1. The van der Waals surface area contributed by atoms with E-state index < -0.39 is 0 Å². The molecule has 2 saturated heterocycles. The van der Waals surface area contributed by atoms with Crippen LogP contribution in [0.4, 0.5) is 0 Å². The van der Waals surface area contributed by atoms with Gasteiger partial charge in [0, 0.05) is 57.9 Å². The van der Waals surface area contributed by atoms with Crippen molar-refractivity contribution in [2.24, 2.45) is 5.92 Å². The number of hydrogen-bond acceptors (Lipinski definition) is 5. The van der Waals surface area contributed by atoms with Gasteiger partial charge < -0.3 is 20.4 Å². The van der Waals surface area contributed by atoms with Crippen molar-refractivity contribution >= 4 is 5.91 Å². The lowest BCUT2D eigenvalue weighted by atomic mass is 9.95. The Morgan fingerprint density at radius 1 is 0.923 bits per heavy atom. The van der Waals surface area contributed by atoms with Crippen LogP contribution in [0.5, 0.6) is 0 Å². The fourth-order valence-electron chi connectivity index (χ4n) is 3.97. The number of piperidine rings is 1. The molecule has 0 spiro atoms. The molecule has 0 aliphatic carbocycles. The first-order valence-corrected chi connectivity index (χ1v) is 10.6. The molecule has 0 aromatic rings. The fourth-order valence-corrected chi connectivity index (χ4v) is 3.97. The maximum absolute atomic E-state index is 12.0. The molecule has 2 N–H and O–H groups in total. The molecule has 0 bridgehead atoms. The molecular weight excluding hydrogens is 326 g/mol. The van der Waals surface area contributed by atoms with E-state index in [0.29, 0.717) is 25.2 Å². The van der Waals surface area contributed by atoms with E-state index in [0.717, 1.165) is 38.6 Å². The van der Waals surface area contributed by atoms with Crippen molar-refractivity contribution in [2.75, 3.05) is 65.4 Å². The number of rotatable bonds is 9. The first kappa shape index (κ1) is 21.6. The van der Waals surface area contributed by atoms with Gasteiger partial charge in [0.2, 0.25) is 5.91 Å². The number of piperazine rings is 1. The van der Waals surface area contributed by atoms with Crippen molar-refractivity contribution in [1.82, 2.24) is 25.3 Å². The number of carbonyl (C=O) groups excluding carboxylic acids is 1. The van der Waals surface area contributed by atoms with Gasteiger partial charge in [0.1, 0.15) is 0 Å². The van der Waals surface area contributed by atoms with Gasteiger partial charge in [-0.15, -0.1) is 0 Å². The van der Waals surface area contributed by atoms with Crippen molar-refractivity contribution < 1.29 is 4.79 Å². The van der Waals surface area contributed by atoms with Crippen LogP contribution in [-0.4, -0.2) is 98.1 Å². The molecule has 0 aromatic heterocycles. The summed E-state index contributed by atoms with van der Waals surface area (Å²) >= 11 is 0. The maximum atomic E-state index is 12.0. The predicted octanol–water partition coefficient (Wildman–Crippen LogP) is 0.839. The van der Waals surface area contributed by atoms with Crippen LogP contribution in [0.2, 0.25) is 0 Å². The predicted molar refractivity (Wildman–Crippen MR) is 108 cm³/mol. The average Bonchev–Trinajstić information content (AvgIpc) is 2.61. The monoisotopic (exact) mass is 367 g/mol. The summed E-state index contributed by atoms with van der Waals surface area (Å²) in [6, 6.07) is 1.16. The lowest BCUT2D eigenvalue weighted by Gasteiger charge is -2.39. The highest BCUT2D eigenvalue weighted by Crippen LogP contribution is 2.20.